The predicted octanol–water partition coefficient (Wildman–Crippen LogP) is 2.81. The molecule has 0 amide bonds. The molecule has 3 nitrogen and oxygen atoms in total. The van der Waals surface area contributed by atoms with E-state index >= 15 is 0 Å². The highest BCUT2D eigenvalue weighted by Crippen LogP contribution is 2.56. The monoisotopic (exact) mass is 299 g/mol. The number of likely N-dealkylation sites (tertiary alicyclic amines) is 1. The molecule has 0 N–H and O–H groups in total. The second kappa shape index (κ2) is 4.82. The number of ether oxygens (including phenoxy) is 1. The van der Waals surface area contributed by atoms with Crippen molar-refractivity contribution in [1.82, 2.24) is 4.90 Å². The van der Waals surface area contributed by atoms with Crippen molar-refractivity contribution in [2.45, 2.75) is 44.1 Å². The molecule has 2 fully saturated rings. The van der Waals surface area contributed by atoms with Crippen LogP contribution in [0.2, 0.25) is 0 Å². The van der Waals surface area contributed by atoms with Crippen LogP contribution in [0.3, 0.4) is 0 Å². The Kier molecular flexibility index (Phi) is 3.12. The zero-order valence-electron chi connectivity index (χ0n) is 13.8. The Morgan fingerprint density at radius 1 is 1.32 bits per heavy atom. The molecule has 1 heterocycles. The van der Waals surface area contributed by atoms with Crippen molar-refractivity contribution in [3.05, 3.63) is 29.3 Å². The smallest absolute Gasteiger partial charge is 0.134 e. The summed E-state index contributed by atoms with van der Waals surface area (Å²) in [6.45, 7) is 3.38. The summed E-state index contributed by atoms with van der Waals surface area (Å²) in [6.07, 6.45) is 3.70. The molecule has 0 unspecified atom stereocenters. The van der Waals surface area contributed by atoms with Crippen LogP contribution < -0.4 is 4.74 Å². The van der Waals surface area contributed by atoms with Gasteiger partial charge in [0.1, 0.15) is 11.5 Å². The maximum atomic E-state index is 12.4. The van der Waals surface area contributed by atoms with Crippen molar-refractivity contribution in [3.8, 4) is 5.75 Å². The summed E-state index contributed by atoms with van der Waals surface area (Å²) in [6, 6.07) is 7.09. The van der Waals surface area contributed by atoms with E-state index in [1.807, 2.05) is 0 Å². The summed E-state index contributed by atoms with van der Waals surface area (Å²) < 4.78 is 5.47. The van der Waals surface area contributed by atoms with Crippen LogP contribution >= 0.6 is 0 Å². The molecule has 1 saturated heterocycles. The molecule has 2 bridgehead atoms. The molecule has 118 valence electrons. The Balaban J connectivity index is 1.92. The third kappa shape index (κ3) is 1.81. The van der Waals surface area contributed by atoms with Crippen molar-refractivity contribution >= 4 is 5.78 Å². The molecule has 1 aliphatic heterocycles. The van der Waals surface area contributed by atoms with E-state index in [2.05, 4.69) is 37.1 Å². The average molecular weight is 299 g/mol. The molecule has 22 heavy (non-hydrogen) atoms. The van der Waals surface area contributed by atoms with E-state index in [0.29, 0.717) is 23.7 Å². The number of hydrogen-bond acceptors (Lipinski definition) is 3. The lowest BCUT2D eigenvalue weighted by atomic mass is 9.49. The summed E-state index contributed by atoms with van der Waals surface area (Å²) in [7, 11) is 3.98. The van der Waals surface area contributed by atoms with Gasteiger partial charge >= 0.3 is 0 Å². The second-order valence-corrected chi connectivity index (χ2v) is 7.60. The van der Waals surface area contributed by atoms with Gasteiger partial charge in [0.25, 0.3) is 0 Å². The van der Waals surface area contributed by atoms with Gasteiger partial charge in [-0.1, -0.05) is 13.0 Å². The van der Waals surface area contributed by atoms with E-state index in [0.717, 1.165) is 38.0 Å². The number of carbonyl (C=O) groups excluding carboxylic acids is 1. The number of ketones is 1. The Labute approximate surface area is 132 Å². The molecule has 4 atom stereocenters. The van der Waals surface area contributed by atoms with Gasteiger partial charge < -0.3 is 9.64 Å². The lowest BCUT2D eigenvalue weighted by Crippen LogP contribution is -2.63. The van der Waals surface area contributed by atoms with Crippen molar-refractivity contribution in [3.63, 3.8) is 0 Å². The highest BCUT2D eigenvalue weighted by molar-refractivity contribution is 5.82. The number of benzene rings is 1. The molecule has 3 heteroatoms. The number of piperidine rings is 1. The first-order chi connectivity index (χ1) is 10.5. The number of methoxy groups -OCH3 is 1. The van der Waals surface area contributed by atoms with Crippen molar-refractivity contribution < 1.29 is 9.53 Å². The van der Waals surface area contributed by atoms with Gasteiger partial charge in [0.2, 0.25) is 0 Å². The molecular formula is C19H25NO2. The van der Waals surface area contributed by atoms with Gasteiger partial charge in [0.15, 0.2) is 0 Å². The van der Waals surface area contributed by atoms with Crippen LogP contribution in [-0.2, 0) is 16.6 Å². The molecule has 3 aliphatic rings. The number of nitrogens with zero attached hydrogens (tertiary/aromatic N) is 1. The van der Waals surface area contributed by atoms with Crippen molar-refractivity contribution in [2.75, 3.05) is 20.7 Å². The van der Waals surface area contributed by atoms with Crippen molar-refractivity contribution in [2.24, 2.45) is 11.8 Å². The summed E-state index contributed by atoms with van der Waals surface area (Å²) in [5.74, 6) is 2.45. The normalized spacial score (nSPS) is 37.4. The third-order valence-corrected chi connectivity index (χ3v) is 6.49. The van der Waals surface area contributed by atoms with Crippen LogP contribution in [0.4, 0.5) is 0 Å². The van der Waals surface area contributed by atoms with Crippen LogP contribution in [0, 0.1) is 11.8 Å². The average Bonchev–Trinajstić information content (AvgIpc) is 2.50. The molecule has 2 aliphatic carbocycles. The molecule has 1 aromatic carbocycles. The van der Waals surface area contributed by atoms with Gasteiger partial charge in [0, 0.05) is 24.3 Å². The summed E-state index contributed by atoms with van der Waals surface area (Å²) in [5, 5.41) is 0. The SMILES string of the molecule is COc1ccc2c(c1)[C@@]13CCN(C)[C@H](C2)[C@@H]1[C@@H](C)CC(=O)C3. The molecule has 0 spiro atoms. The highest BCUT2D eigenvalue weighted by atomic mass is 16.5. The lowest BCUT2D eigenvalue weighted by molar-refractivity contribution is -0.130. The van der Waals surface area contributed by atoms with Crippen LogP contribution in [0.25, 0.3) is 0 Å². The van der Waals surface area contributed by atoms with Crippen molar-refractivity contribution in [1.29, 1.82) is 0 Å². The Bertz CT molecular complexity index is 626. The number of rotatable bonds is 1. The van der Waals surface area contributed by atoms with Gasteiger partial charge in [-0.3, -0.25) is 4.79 Å². The summed E-state index contributed by atoms with van der Waals surface area (Å²) in [4.78, 5) is 15.0. The van der Waals surface area contributed by atoms with Gasteiger partial charge in [-0.05, 0) is 61.5 Å². The molecular weight excluding hydrogens is 274 g/mol. The molecule has 4 rings (SSSR count). The van der Waals surface area contributed by atoms with E-state index in [-0.39, 0.29) is 5.41 Å². The topological polar surface area (TPSA) is 29.5 Å². The van der Waals surface area contributed by atoms with Gasteiger partial charge in [0.05, 0.1) is 7.11 Å². The predicted molar refractivity (Wildman–Crippen MR) is 86.3 cm³/mol. The minimum atomic E-state index is 0.0497. The first-order valence-electron chi connectivity index (χ1n) is 8.44. The second-order valence-electron chi connectivity index (χ2n) is 7.60. The van der Waals surface area contributed by atoms with E-state index in [9.17, 15) is 4.79 Å². The molecule has 1 aromatic rings. The van der Waals surface area contributed by atoms with Crippen LogP contribution in [0.15, 0.2) is 18.2 Å². The maximum absolute atomic E-state index is 12.4. The third-order valence-electron chi connectivity index (χ3n) is 6.49. The summed E-state index contributed by atoms with van der Waals surface area (Å²) in [5.41, 5.74) is 2.88. The minimum absolute atomic E-state index is 0.0497. The number of fused-ring (bicyclic) bond motifs is 1. The zero-order chi connectivity index (χ0) is 15.5. The fourth-order valence-corrected chi connectivity index (χ4v) is 5.63. The van der Waals surface area contributed by atoms with Crippen LogP contribution in [0.5, 0.6) is 5.75 Å². The molecule has 0 aromatic heterocycles. The Morgan fingerprint density at radius 3 is 2.91 bits per heavy atom. The lowest BCUT2D eigenvalue weighted by Gasteiger charge is -2.60. The van der Waals surface area contributed by atoms with E-state index in [1.165, 1.54) is 11.1 Å². The number of hydrogen-bond donors (Lipinski definition) is 0. The van der Waals surface area contributed by atoms with E-state index < -0.39 is 0 Å². The summed E-state index contributed by atoms with van der Waals surface area (Å²) >= 11 is 0. The van der Waals surface area contributed by atoms with Gasteiger partial charge in [-0.25, -0.2) is 0 Å². The highest BCUT2D eigenvalue weighted by Gasteiger charge is 2.57. The van der Waals surface area contributed by atoms with Gasteiger partial charge in [-0.2, -0.15) is 0 Å². The molecule has 1 saturated carbocycles. The van der Waals surface area contributed by atoms with E-state index in [1.54, 1.807) is 7.11 Å². The largest absolute Gasteiger partial charge is 0.497 e. The first-order valence-corrected chi connectivity index (χ1v) is 8.44. The van der Waals surface area contributed by atoms with E-state index in [4.69, 9.17) is 4.74 Å². The van der Waals surface area contributed by atoms with Gasteiger partial charge in [-0.15, -0.1) is 0 Å². The Morgan fingerprint density at radius 2 is 2.14 bits per heavy atom. The minimum Gasteiger partial charge on any atom is -0.497 e. The first kappa shape index (κ1) is 14.3. The zero-order valence-corrected chi connectivity index (χ0v) is 13.8. The fourth-order valence-electron chi connectivity index (χ4n) is 5.63. The Hall–Kier alpha value is -1.35. The number of likely N-dealkylation sites (N-methyl/N-ethyl adjacent to an activating group) is 1. The molecule has 0 radical (unpaired) electrons. The maximum Gasteiger partial charge on any atom is 0.134 e. The van der Waals surface area contributed by atoms with Crippen LogP contribution in [0.1, 0.15) is 37.3 Å². The van der Waals surface area contributed by atoms with Crippen LogP contribution in [-0.4, -0.2) is 37.4 Å². The quantitative estimate of drug-likeness (QED) is 0.798. The number of Topliss-reactive ketones (excluding diaryl/α,β-unsaturated/α-hetero) is 1. The standard InChI is InChI=1S/C19H25NO2/c1-12-8-14(21)11-19-6-7-20(2)17(18(12)19)9-13-4-5-15(22-3)10-16(13)19/h4-5,10,12,17-18H,6-9,11H2,1-3H3/t12-,17+,18-,19-/m0/s1. The number of carbonyl (C=O) groups is 1. The fraction of sp³-hybridized carbons (Fsp3) is 0.632.